The second-order valence-electron chi connectivity index (χ2n) is 9.29. The number of sulfonamides is 1. The lowest BCUT2D eigenvalue weighted by atomic mass is 9.89. The highest BCUT2D eigenvalue weighted by atomic mass is 32.2. The van der Waals surface area contributed by atoms with Gasteiger partial charge in [-0.3, -0.25) is 9.10 Å². The van der Waals surface area contributed by atoms with Crippen LogP contribution in [0, 0.1) is 6.92 Å². The zero-order valence-electron chi connectivity index (χ0n) is 21.2. The van der Waals surface area contributed by atoms with E-state index in [9.17, 15) is 13.2 Å². The smallest absolute Gasteiger partial charge is 0.264 e. The Bertz CT molecular complexity index is 1300. The largest absolute Gasteiger partial charge is 0.497 e. The summed E-state index contributed by atoms with van der Waals surface area (Å²) < 4.78 is 33.6. The second-order valence-corrected chi connectivity index (χ2v) is 11.1. The molecule has 1 aliphatic rings. The number of fused-ring (bicyclic) bond motifs is 1. The molecule has 7 heteroatoms. The van der Waals surface area contributed by atoms with Crippen molar-refractivity contribution < 1.29 is 17.9 Å². The number of methoxy groups -OCH3 is 1. The molecule has 0 aliphatic heterocycles. The molecule has 0 unspecified atom stereocenters. The zero-order chi connectivity index (χ0) is 25.7. The van der Waals surface area contributed by atoms with Gasteiger partial charge in [-0.2, -0.15) is 0 Å². The van der Waals surface area contributed by atoms with E-state index in [1.807, 2.05) is 26.0 Å². The molecule has 1 aliphatic carbocycles. The normalized spacial score (nSPS) is 14.0. The first-order valence-electron chi connectivity index (χ1n) is 12.5. The summed E-state index contributed by atoms with van der Waals surface area (Å²) in [6, 6.07) is 19.6. The van der Waals surface area contributed by atoms with Crippen LogP contribution in [0.25, 0.3) is 0 Å². The standard InChI is InChI=1S/C29H34N2O4S/c1-4-28(24-12-11-22-7-5-6-8-23(22)19-24)30-29(32)20-31(25-13-9-21(2)10-14-25)36(33,34)27-17-15-26(35-3)16-18-27/h9-19,28H,4-8,20H2,1-3H3,(H,30,32)/t28-/m1/s1. The molecule has 4 rings (SSSR count). The quantitative estimate of drug-likeness (QED) is 0.425. The van der Waals surface area contributed by atoms with Crippen LogP contribution in [-0.4, -0.2) is 28.0 Å². The molecular formula is C29H34N2O4S. The lowest BCUT2D eigenvalue weighted by molar-refractivity contribution is -0.120. The summed E-state index contributed by atoms with van der Waals surface area (Å²) in [5.74, 6) is 0.210. The number of hydrogen-bond acceptors (Lipinski definition) is 4. The Morgan fingerprint density at radius 3 is 2.28 bits per heavy atom. The van der Waals surface area contributed by atoms with Gasteiger partial charge in [0.2, 0.25) is 5.91 Å². The molecule has 0 aromatic heterocycles. The van der Waals surface area contributed by atoms with E-state index >= 15 is 0 Å². The van der Waals surface area contributed by atoms with E-state index < -0.39 is 10.0 Å². The molecule has 6 nitrogen and oxygen atoms in total. The maximum Gasteiger partial charge on any atom is 0.264 e. The predicted octanol–water partition coefficient (Wildman–Crippen LogP) is 5.35. The van der Waals surface area contributed by atoms with E-state index in [2.05, 4.69) is 23.5 Å². The van der Waals surface area contributed by atoms with Crippen molar-refractivity contribution in [2.75, 3.05) is 18.0 Å². The van der Waals surface area contributed by atoms with Crippen molar-refractivity contribution in [3.05, 3.63) is 89.0 Å². The summed E-state index contributed by atoms with van der Waals surface area (Å²) in [6.45, 7) is 3.64. The van der Waals surface area contributed by atoms with Crippen LogP contribution in [0.15, 0.2) is 71.6 Å². The fourth-order valence-corrected chi connectivity index (χ4v) is 6.08. The summed E-state index contributed by atoms with van der Waals surface area (Å²) in [5, 5.41) is 3.08. The summed E-state index contributed by atoms with van der Waals surface area (Å²) in [5.41, 5.74) is 5.25. The first-order chi connectivity index (χ1) is 17.3. The van der Waals surface area contributed by atoms with Crippen LogP contribution in [0.3, 0.4) is 0 Å². The van der Waals surface area contributed by atoms with Crippen molar-refractivity contribution in [2.45, 2.75) is 56.9 Å². The van der Waals surface area contributed by atoms with Gasteiger partial charge in [-0.1, -0.05) is 42.8 Å². The molecule has 0 fully saturated rings. The van der Waals surface area contributed by atoms with Crippen LogP contribution in [0.5, 0.6) is 5.75 Å². The first kappa shape index (κ1) is 25.8. The highest BCUT2D eigenvalue weighted by Gasteiger charge is 2.28. The summed E-state index contributed by atoms with van der Waals surface area (Å²) in [7, 11) is -2.46. The Morgan fingerprint density at radius 1 is 0.972 bits per heavy atom. The van der Waals surface area contributed by atoms with Crippen molar-refractivity contribution in [1.29, 1.82) is 0 Å². The number of benzene rings is 3. The van der Waals surface area contributed by atoms with E-state index in [0.717, 1.165) is 24.0 Å². The summed E-state index contributed by atoms with van der Waals surface area (Å²) in [6.07, 6.45) is 5.29. The number of carbonyl (C=O) groups excluding carboxylic acids is 1. The number of carbonyl (C=O) groups is 1. The van der Waals surface area contributed by atoms with Gasteiger partial charge in [0.15, 0.2) is 0 Å². The van der Waals surface area contributed by atoms with Gasteiger partial charge in [-0.25, -0.2) is 8.42 Å². The topological polar surface area (TPSA) is 75.7 Å². The van der Waals surface area contributed by atoms with E-state index in [4.69, 9.17) is 4.74 Å². The monoisotopic (exact) mass is 506 g/mol. The van der Waals surface area contributed by atoms with Crippen LogP contribution in [0.1, 0.15) is 54.5 Å². The molecule has 1 atom stereocenters. The maximum atomic E-state index is 13.6. The summed E-state index contributed by atoms with van der Waals surface area (Å²) in [4.78, 5) is 13.4. The average Bonchev–Trinajstić information content (AvgIpc) is 2.90. The number of aryl methyl sites for hydroxylation is 3. The van der Waals surface area contributed by atoms with Gasteiger partial charge in [-0.05, 0) is 92.1 Å². The minimum atomic E-state index is -3.99. The van der Waals surface area contributed by atoms with Crippen molar-refractivity contribution in [1.82, 2.24) is 5.32 Å². The van der Waals surface area contributed by atoms with Gasteiger partial charge in [0.1, 0.15) is 12.3 Å². The Kier molecular flexibility index (Phi) is 7.99. The lowest BCUT2D eigenvalue weighted by Gasteiger charge is -2.26. The fourth-order valence-electron chi connectivity index (χ4n) is 4.66. The second kappa shape index (κ2) is 11.2. The van der Waals surface area contributed by atoms with E-state index in [-0.39, 0.29) is 23.4 Å². The number of amides is 1. The Morgan fingerprint density at radius 2 is 1.64 bits per heavy atom. The maximum absolute atomic E-state index is 13.6. The molecule has 0 spiro atoms. The number of nitrogens with zero attached hydrogens (tertiary/aromatic N) is 1. The fraction of sp³-hybridized carbons (Fsp3) is 0.345. The summed E-state index contributed by atoms with van der Waals surface area (Å²) >= 11 is 0. The third kappa shape index (κ3) is 5.73. The van der Waals surface area contributed by atoms with E-state index in [1.165, 1.54) is 47.5 Å². The number of hydrogen-bond donors (Lipinski definition) is 1. The molecule has 0 saturated carbocycles. The van der Waals surface area contributed by atoms with Gasteiger partial charge >= 0.3 is 0 Å². The van der Waals surface area contributed by atoms with Crippen LogP contribution >= 0.6 is 0 Å². The van der Waals surface area contributed by atoms with Gasteiger partial charge in [-0.15, -0.1) is 0 Å². The highest BCUT2D eigenvalue weighted by molar-refractivity contribution is 7.92. The predicted molar refractivity (Wildman–Crippen MR) is 143 cm³/mol. The zero-order valence-corrected chi connectivity index (χ0v) is 22.0. The molecule has 0 saturated heterocycles. The average molecular weight is 507 g/mol. The minimum Gasteiger partial charge on any atom is -0.497 e. The molecule has 0 heterocycles. The molecule has 0 radical (unpaired) electrons. The third-order valence-corrected chi connectivity index (χ3v) is 8.56. The first-order valence-corrected chi connectivity index (χ1v) is 13.9. The number of anilines is 1. The van der Waals surface area contributed by atoms with E-state index in [0.29, 0.717) is 17.9 Å². The van der Waals surface area contributed by atoms with Gasteiger partial charge in [0, 0.05) is 0 Å². The number of nitrogens with one attached hydrogen (secondary N) is 1. The Balaban J connectivity index is 1.59. The molecule has 190 valence electrons. The molecular weight excluding hydrogens is 472 g/mol. The van der Waals surface area contributed by atoms with Crippen LogP contribution in [0.2, 0.25) is 0 Å². The van der Waals surface area contributed by atoms with Crippen LogP contribution in [-0.2, 0) is 27.7 Å². The number of rotatable bonds is 9. The Labute approximate surface area is 214 Å². The minimum absolute atomic E-state index is 0.0957. The molecule has 1 N–H and O–H groups in total. The third-order valence-electron chi connectivity index (χ3n) is 6.77. The molecule has 36 heavy (non-hydrogen) atoms. The SMILES string of the molecule is CC[C@@H](NC(=O)CN(c1ccc(C)cc1)S(=O)(=O)c1ccc(OC)cc1)c1ccc2c(c1)CCCC2. The van der Waals surface area contributed by atoms with Crippen LogP contribution < -0.4 is 14.4 Å². The lowest BCUT2D eigenvalue weighted by Crippen LogP contribution is -2.42. The van der Waals surface area contributed by atoms with Gasteiger partial charge in [0.25, 0.3) is 10.0 Å². The van der Waals surface area contributed by atoms with Crippen molar-refractivity contribution in [2.24, 2.45) is 0 Å². The molecule has 0 bridgehead atoms. The number of ether oxygens (including phenoxy) is 1. The van der Waals surface area contributed by atoms with Gasteiger partial charge in [0.05, 0.1) is 23.7 Å². The Hall–Kier alpha value is -3.32. The molecule has 3 aromatic carbocycles. The van der Waals surface area contributed by atoms with E-state index in [1.54, 1.807) is 24.3 Å². The van der Waals surface area contributed by atoms with Crippen LogP contribution in [0.4, 0.5) is 5.69 Å². The molecule has 1 amide bonds. The van der Waals surface area contributed by atoms with Gasteiger partial charge < -0.3 is 10.1 Å². The van der Waals surface area contributed by atoms with Crippen molar-refractivity contribution in [3.63, 3.8) is 0 Å². The van der Waals surface area contributed by atoms with Crippen molar-refractivity contribution in [3.8, 4) is 5.75 Å². The van der Waals surface area contributed by atoms with Crippen molar-refractivity contribution >= 4 is 21.6 Å². The molecule has 3 aromatic rings. The highest BCUT2D eigenvalue weighted by Crippen LogP contribution is 2.28.